The summed E-state index contributed by atoms with van der Waals surface area (Å²) in [6.07, 6.45) is 8.77. The highest BCUT2D eigenvalue weighted by atomic mass is 15.2. The molecule has 3 aromatic carbocycles. The molecular formula is C26H26N2. The summed E-state index contributed by atoms with van der Waals surface area (Å²) < 4.78 is 0. The smallest absolute Gasteiger partial charge is 0.0662 e. The fourth-order valence-electron chi connectivity index (χ4n) is 4.01. The summed E-state index contributed by atoms with van der Waals surface area (Å²) in [5.74, 6) is 0. The van der Waals surface area contributed by atoms with Crippen LogP contribution in [0.4, 0.5) is 5.69 Å². The summed E-state index contributed by atoms with van der Waals surface area (Å²) in [7, 11) is 4.23. The topological polar surface area (TPSA) is 15.3 Å². The van der Waals surface area contributed by atoms with Crippen molar-refractivity contribution in [2.24, 2.45) is 0 Å². The lowest BCUT2D eigenvalue weighted by Crippen LogP contribution is -2.46. The van der Waals surface area contributed by atoms with Crippen LogP contribution < -0.4 is 10.2 Å². The number of allylic oxidation sites excluding steroid dienone is 2. The Morgan fingerprint density at radius 1 is 0.679 bits per heavy atom. The predicted molar refractivity (Wildman–Crippen MR) is 121 cm³/mol. The molecule has 4 rings (SSSR count). The number of benzene rings is 3. The molecule has 2 nitrogen and oxygen atoms in total. The van der Waals surface area contributed by atoms with Gasteiger partial charge in [-0.2, -0.15) is 0 Å². The zero-order valence-electron chi connectivity index (χ0n) is 16.4. The van der Waals surface area contributed by atoms with Crippen molar-refractivity contribution in [1.82, 2.24) is 5.32 Å². The third-order valence-electron chi connectivity index (χ3n) is 5.44. The molecule has 3 aromatic rings. The molecule has 2 atom stereocenters. The second-order valence-electron chi connectivity index (χ2n) is 7.12. The van der Waals surface area contributed by atoms with E-state index >= 15 is 0 Å². The normalized spacial score (nSPS) is 18.2. The number of hydrogen-bond acceptors (Lipinski definition) is 2. The molecule has 1 aliphatic rings. The Balaban J connectivity index is 1.90. The zero-order valence-corrected chi connectivity index (χ0v) is 16.4. The molecule has 0 amide bonds. The average Bonchev–Trinajstić information content (AvgIpc) is 2.79. The minimum atomic E-state index is 0.238. The van der Waals surface area contributed by atoms with Crippen LogP contribution in [0.5, 0.6) is 0 Å². The van der Waals surface area contributed by atoms with Crippen molar-refractivity contribution >= 4 is 5.69 Å². The van der Waals surface area contributed by atoms with Crippen molar-refractivity contribution in [2.45, 2.75) is 12.1 Å². The van der Waals surface area contributed by atoms with Crippen LogP contribution in [0, 0.1) is 0 Å². The third kappa shape index (κ3) is 3.51. The first kappa shape index (κ1) is 18.3. The Bertz CT molecular complexity index is 916. The van der Waals surface area contributed by atoms with Gasteiger partial charge in [-0.05, 0) is 18.2 Å². The van der Waals surface area contributed by atoms with Gasteiger partial charge < -0.3 is 10.2 Å². The van der Waals surface area contributed by atoms with E-state index < -0.39 is 0 Å². The highest BCUT2D eigenvalue weighted by molar-refractivity contribution is 5.91. The molecule has 0 radical (unpaired) electrons. The lowest BCUT2D eigenvalue weighted by atomic mass is 9.93. The molecule has 0 aromatic heterocycles. The van der Waals surface area contributed by atoms with Crippen LogP contribution in [0.1, 0.15) is 0 Å². The van der Waals surface area contributed by atoms with E-state index in [4.69, 9.17) is 0 Å². The van der Waals surface area contributed by atoms with E-state index in [0.29, 0.717) is 0 Å². The van der Waals surface area contributed by atoms with Gasteiger partial charge in [-0.3, -0.25) is 0 Å². The average molecular weight is 367 g/mol. The summed E-state index contributed by atoms with van der Waals surface area (Å²) in [4.78, 5) is 2.41. The van der Waals surface area contributed by atoms with E-state index in [2.05, 4.69) is 120 Å². The SMILES string of the molecule is CNC1C=CC=CC1N(C)c1c(-c2ccccc2)cccc1-c1ccccc1. The van der Waals surface area contributed by atoms with Gasteiger partial charge in [0.1, 0.15) is 0 Å². The molecule has 2 heteroatoms. The van der Waals surface area contributed by atoms with E-state index in [1.807, 2.05) is 7.05 Å². The Morgan fingerprint density at radius 3 is 1.75 bits per heavy atom. The van der Waals surface area contributed by atoms with Crippen molar-refractivity contribution in [3.63, 3.8) is 0 Å². The van der Waals surface area contributed by atoms with Gasteiger partial charge >= 0.3 is 0 Å². The molecule has 0 spiro atoms. The molecule has 0 bridgehead atoms. The van der Waals surface area contributed by atoms with Gasteiger partial charge in [-0.25, -0.2) is 0 Å². The van der Waals surface area contributed by atoms with Crippen molar-refractivity contribution in [3.05, 3.63) is 103 Å². The molecule has 0 heterocycles. The summed E-state index contributed by atoms with van der Waals surface area (Å²) in [6, 6.07) is 28.4. The van der Waals surface area contributed by atoms with Gasteiger partial charge in [0.05, 0.1) is 11.7 Å². The number of hydrogen-bond donors (Lipinski definition) is 1. The lowest BCUT2D eigenvalue weighted by Gasteiger charge is -2.36. The molecule has 28 heavy (non-hydrogen) atoms. The van der Waals surface area contributed by atoms with Gasteiger partial charge in [-0.1, -0.05) is 103 Å². The van der Waals surface area contributed by atoms with Crippen molar-refractivity contribution < 1.29 is 0 Å². The van der Waals surface area contributed by atoms with Crippen molar-refractivity contribution in [2.75, 3.05) is 19.0 Å². The Hall–Kier alpha value is -3.10. The van der Waals surface area contributed by atoms with Gasteiger partial charge in [0, 0.05) is 24.2 Å². The van der Waals surface area contributed by atoms with E-state index in [1.54, 1.807) is 0 Å². The second kappa shape index (κ2) is 8.28. The highest BCUT2D eigenvalue weighted by Crippen LogP contribution is 2.40. The fourth-order valence-corrected chi connectivity index (χ4v) is 4.01. The molecule has 0 saturated carbocycles. The van der Waals surface area contributed by atoms with Gasteiger partial charge in [-0.15, -0.1) is 0 Å². The Labute approximate surface area is 167 Å². The van der Waals surface area contributed by atoms with Gasteiger partial charge in [0.15, 0.2) is 0 Å². The van der Waals surface area contributed by atoms with Crippen molar-refractivity contribution in [1.29, 1.82) is 0 Å². The molecule has 140 valence electrons. The van der Waals surface area contributed by atoms with E-state index in [0.717, 1.165) is 0 Å². The van der Waals surface area contributed by atoms with Gasteiger partial charge in [0.25, 0.3) is 0 Å². The van der Waals surface area contributed by atoms with Crippen LogP contribution in [0.25, 0.3) is 22.3 Å². The summed E-state index contributed by atoms with van der Waals surface area (Å²) in [5.41, 5.74) is 6.23. The summed E-state index contributed by atoms with van der Waals surface area (Å²) in [6.45, 7) is 0. The largest absolute Gasteiger partial charge is 0.365 e. The lowest BCUT2D eigenvalue weighted by molar-refractivity contribution is 0.574. The first-order valence-corrected chi connectivity index (χ1v) is 9.78. The Kier molecular flexibility index (Phi) is 5.41. The predicted octanol–water partition coefficient (Wildman–Crippen LogP) is 5.54. The first-order chi connectivity index (χ1) is 13.8. The quantitative estimate of drug-likeness (QED) is 0.638. The van der Waals surface area contributed by atoms with E-state index in [1.165, 1.54) is 27.9 Å². The molecular weight excluding hydrogens is 340 g/mol. The number of para-hydroxylation sites is 1. The number of anilines is 1. The molecule has 0 saturated heterocycles. The minimum Gasteiger partial charge on any atom is -0.365 e. The third-order valence-corrected chi connectivity index (χ3v) is 5.44. The number of likely N-dealkylation sites (N-methyl/N-ethyl adjacent to an activating group) is 2. The molecule has 1 aliphatic carbocycles. The maximum atomic E-state index is 3.44. The summed E-state index contributed by atoms with van der Waals surface area (Å²) in [5, 5.41) is 3.44. The Morgan fingerprint density at radius 2 is 1.21 bits per heavy atom. The fraction of sp³-hybridized carbons (Fsp3) is 0.154. The molecule has 0 aliphatic heterocycles. The number of rotatable bonds is 5. The summed E-state index contributed by atoms with van der Waals surface area (Å²) >= 11 is 0. The van der Waals surface area contributed by atoms with Gasteiger partial charge in [0.2, 0.25) is 0 Å². The zero-order chi connectivity index (χ0) is 19.3. The van der Waals surface area contributed by atoms with E-state index in [-0.39, 0.29) is 12.1 Å². The molecule has 2 unspecified atom stereocenters. The maximum absolute atomic E-state index is 3.44. The van der Waals surface area contributed by atoms with Crippen LogP contribution in [0.3, 0.4) is 0 Å². The standard InChI is InChI=1S/C26H26N2/c1-27-24-18-9-10-19-25(24)28(2)26-22(20-12-5-3-6-13-20)16-11-17-23(26)21-14-7-4-8-15-21/h3-19,24-25,27H,1-2H3. The maximum Gasteiger partial charge on any atom is 0.0662 e. The number of nitrogens with zero attached hydrogens (tertiary/aromatic N) is 1. The molecule has 0 fully saturated rings. The monoisotopic (exact) mass is 366 g/mol. The van der Waals surface area contributed by atoms with E-state index in [9.17, 15) is 0 Å². The molecule has 1 N–H and O–H groups in total. The number of nitrogens with one attached hydrogen (secondary N) is 1. The second-order valence-corrected chi connectivity index (χ2v) is 7.12. The van der Waals surface area contributed by atoms with Crippen LogP contribution in [-0.4, -0.2) is 26.2 Å². The van der Waals surface area contributed by atoms with Crippen LogP contribution >= 0.6 is 0 Å². The van der Waals surface area contributed by atoms with Crippen LogP contribution in [-0.2, 0) is 0 Å². The first-order valence-electron chi connectivity index (χ1n) is 9.78. The highest BCUT2D eigenvalue weighted by Gasteiger charge is 2.25. The van der Waals surface area contributed by atoms with Crippen molar-refractivity contribution in [3.8, 4) is 22.3 Å². The van der Waals surface area contributed by atoms with Crippen LogP contribution in [0.2, 0.25) is 0 Å². The van der Waals surface area contributed by atoms with Crippen LogP contribution in [0.15, 0.2) is 103 Å². The minimum absolute atomic E-state index is 0.238.